The molecule has 1 aromatic heterocycles. The lowest BCUT2D eigenvalue weighted by atomic mass is 10.1. The summed E-state index contributed by atoms with van der Waals surface area (Å²) in [6, 6.07) is 5.26. The summed E-state index contributed by atoms with van der Waals surface area (Å²) in [4.78, 5) is 4.54. The van der Waals surface area contributed by atoms with E-state index in [9.17, 15) is 8.42 Å². The van der Waals surface area contributed by atoms with Crippen molar-refractivity contribution >= 4 is 10.0 Å². The third-order valence-electron chi connectivity index (χ3n) is 4.18. The number of hydrogen-bond donors (Lipinski definition) is 1. The first kappa shape index (κ1) is 16.1. The molecule has 124 valence electrons. The van der Waals surface area contributed by atoms with E-state index in [0.717, 1.165) is 25.7 Å². The predicted molar refractivity (Wildman–Crippen MR) is 86.4 cm³/mol. The van der Waals surface area contributed by atoms with Crippen LogP contribution in [0.3, 0.4) is 0 Å². The zero-order valence-electron chi connectivity index (χ0n) is 13.4. The molecule has 0 unspecified atom stereocenters. The molecular formula is C16H21N3O3S. The molecule has 0 atom stereocenters. The second kappa shape index (κ2) is 6.41. The summed E-state index contributed by atoms with van der Waals surface area (Å²) in [5.41, 5.74) is 1.35. The van der Waals surface area contributed by atoms with Gasteiger partial charge in [0, 0.05) is 18.0 Å². The van der Waals surface area contributed by atoms with Crippen LogP contribution in [0.15, 0.2) is 27.6 Å². The van der Waals surface area contributed by atoms with E-state index in [2.05, 4.69) is 14.9 Å². The fourth-order valence-corrected chi connectivity index (χ4v) is 4.45. The minimum absolute atomic E-state index is 0.0416. The van der Waals surface area contributed by atoms with Gasteiger partial charge in [-0.05, 0) is 31.4 Å². The fraction of sp³-hybridized carbons (Fsp3) is 0.500. The van der Waals surface area contributed by atoms with Gasteiger partial charge >= 0.3 is 0 Å². The van der Waals surface area contributed by atoms with Crippen LogP contribution in [0.4, 0.5) is 0 Å². The van der Waals surface area contributed by atoms with Gasteiger partial charge < -0.3 is 4.52 Å². The van der Waals surface area contributed by atoms with Crippen LogP contribution < -0.4 is 4.72 Å². The Hall–Kier alpha value is -1.73. The predicted octanol–water partition coefficient (Wildman–Crippen LogP) is 2.83. The summed E-state index contributed by atoms with van der Waals surface area (Å²) in [5.74, 6) is 0.952. The highest BCUT2D eigenvalue weighted by molar-refractivity contribution is 7.89. The van der Waals surface area contributed by atoms with Gasteiger partial charge in [-0.3, -0.25) is 0 Å². The standard InChI is InChI=1S/C16H21N3O3S/c1-3-15-17-16(18-22-15)12-9-8-11(2)14(10-12)23(20,21)19-13-6-4-5-7-13/h8-10,13,19H,3-7H2,1-2H3. The summed E-state index contributed by atoms with van der Waals surface area (Å²) in [5, 5.41) is 3.91. The van der Waals surface area contributed by atoms with Crippen LogP contribution in [-0.2, 0) is 16.4 Å². The summed E-state index contributed by atoms with van der Waals surface area (Å²) >= 11 is 0. The number of rotatable bonds is 5. The molecule has 0 spiro atoms. The van der Waals surface area contributed by atoms with Gasteiger partial charge in [0.15, 0.2) is 0 Å². The van der Waals surface area contributed by atoms with E-state index in [0.29, 0.717) is 29.3 Å². The van der Waals surface area contributed by atoms with E-state index in [-0.39, 0.29) is 10.9 Å². The van der Waals surface area contributed by atoms with Crippen LogP contribution in [0.2, 0.25) is 0 Å². The molecule has 7 heteroatoms. The first-order valence-corrected chi connectivity index (χ1v) is 9.44. The Labute approximate surface area is 136 Å². The van der Waals surface area contributed by atoms with Gasteiger partial charge in [-0.1, -0.05) is 37.1 Å². The SMILES string of the molecule is CCc1nc(-c2ccc(C)c(S(=O)(=O)NC3CCCC3)c2)no1. The highest BCUT2D eigenvalue weighted by atomic mass is 32.2. The zero-order valence-corrected chi connectivity index (χ0v) is 14.2. The number of aromatic nitrogens is 2. The average molecular weight is 335 g/mol. The van der Waals surface area contributed by atoms with Crippen LogP contribution in [0.25, 0.3) is 11.4 Å². The second-order valence-corrected chi connectivity index (χ2v) is 7.63. The topological polar surface area (TPSA) is 85.1 Å². The van der Waals surface area contributed by atoms with Crippen molar-refractivity contribution in [1.29, 1.82) is 0 Å². The van der Waals surface area contributed by atoms with Crippen LogP contribution in [0.5, 0.6) is 0 Å². The maximum atomic E-state index is 12.7. The Morgan fingerprint density at radius 3 is 2.70 bits per heavy atom. The van der Waals surface area contributed by atoms with Crippen molar-refractivity contribution in [2.45, 2.75) is 56.9 Å². The van der Waals surface area contributed by atoms with Crippen molar-refractivity contribution in [2.75, 3.05) is 0 Å². The van der Waals surface area contributed by atoms with Crippen molar-refractivity contribution in [3.63, 3.8) is 0 Å². The first-order chi connectivity index (χ1) is 11.0. The van der Waals surface area contributed by atoms with Crippen molar-refractivity contribution in [3.05, 3.63) is 29.7 Å². The highest BCUT2D eigenvalue weighted by Gasteiger charge is 2.25. The minimum atomic E-state index is -3.54. The van der Waals surface area contributed by atoms with E-state index in [1.165, 1.54) is 0 Å². The largest absolute Gasteiger partial charge is 0.339 e. The number of nitrogens with one attached hydrogen (secondary N) is 1. The van der Waals surface area contributed by atoms with E-state index < -0.39 is 10.0 Å². The Balaban J connectivity index is 1.93. The number of sulfonamides is 1. The molecule has 1 aliphatic carbocycles. The first-order valence-electron chi connectivity index (χ1n) is 7.95. The molecule has 0 radical (unpaired) electrons. The Bertz CT molecular complexity index is 793. The van der Waals surface area contributed by atoms with E-state index in [4.69, 9.17) is 4.52 Å². The Kier molecular flexibility index (Phi) is 4.50. The van der Waals surface area contributed by atoms with Gasteiger partial charge in [0.1, 0.15) is 0 Å². The molecule has 1 aliphatic rings. The van der Waals surface area contributed by atoms with Crippen LogP contribution in [-0.4, -0.2) is 24.6 Å². The number of nitrogens with zero attached hydrogens (tertiary/aromatic N) is 2. The molecule has 2 aromatic rings. The molecule has 1 saturated carbocycles. The molecule has 0 aliphatic heterocycles. The monoisotopic (exact) mass is 335 g/mol. The fourth-order valence-electron chi connectivity index (χ4n) is 2.87. The highest BCUT2D eigenvalue weighted by Crippen LogP contribution is 2.25. The van der Waals surface area contributed by atoms with Gasteiger partial charge in [-0.15, -0.1) is 0 Å². The van der Waals surface area contributed by atoms with E-state index in [1.807, 2.05) is 13.0 Å². The lowest BCUT2D eigenvalue weighted by Gasteiger charge is -2.14. The maximum Gasteiger partial charge on any atom is 0.241 e. The zero-order chi connectivity index (χ0) is 16.4. The number of aryl methyl sites for hydroxylation is 2. The minimum Gasteiger partial charge on any atom is -0.339 e. The Morgan fingerprint density at radius 2 is 2.04 bits per heavy atom. The van der Waals surface area contributed by atoms with Crippen molar-refractivity contribution in [1.82, 2.24) is 14.9 Å². The molecule has 1 aromatic carbocycles. The van der Waals surface area contributed by atoms with Crippen LogP contribution in [0.1, 0.15) is 44.1 Å². The molecule has 0 bridgehead atoms. The molecule has 1 N–H and O–H groups in total. The Morgan fingerprint density at radius 1 is 1.30 bits per heavy atom. The van der Waals surface area contributed by atoms with Crippen LogP contribution >= 0.6 is 0 Å². The van der Waals surface area contributed by atoms with Crippen molar-refractivity contribution in [2.24, 2.45) is 0 Å². The lowest BCUT2D eigenvalue weighted by molar-refractivity contribution is 0.383. The number of hydrogen-bond acceptors (Lipinski definition) is 5. The van der Waals surface area contributed by atoms with E-state index in [1.54, 1.807) is 19.1 Å². The summed E-state index contributed by atoms with van der Waals surface area (Å²) in [6.45, 7) is 3.72. The van der Waals surface area contributed by atoms with Gasteiger partial charge in [0.05, 0.1) is 4.90 Å². The summed E-state index contributed by atoms with van der Waals surface area (Å²) in [7, 11) is -3.54. The second-order valence-electron chi connectivity index (χ2n) is 5.95. The lowest BCUT2D eigenvalue weighted by Crippen LogP contribution is -2.33. The maximum absolute atomic E-state index is 12.7. The smallest absolute Gasteiger partial charge is 0.241 e. The third kappa shape index (κ3) is 3.45. The van der Waals surface area contributed by atoms with Crippen molar-refractivity contribution < 1.29 is 12.9 Å². The van der Waals surface area contributed by atoms with Gasteiger partial charge in [-0.2, -0.15) is 4.98 Å². The van der Waals surface area contributed by atoms with Gasteiger partial charge in [-0.25, -0.2) is 13.1 Å². The molecule has 23 heavy (non-hydrogen) atoms. The molecular weight excluding hydrogens is 314 g/mol. The quantitative estimate of drug-likeness (QED) is 0.908. The molecule has 6 nitrogen and oxygen atoms in total. The average Bonchev–Trinajstić information content (AvgIpc) is 3.18. The molecule has 0 amide bonds. The molecule has 1 heterocycles. The van der Waals surface area contributed by atoms with Gasteiger partial charge in [0.2, 0.25) is 21.7 Å². The number of benzene rings is 1. The normalized spacial score (nSPS) is 16.1. The summed E-state index contributed by atoms with van der Waals surface area (Å²) < 4.78 is 33.3. The molecule has 3 rings (SSSR count). The van der Waals surface area contributed by atoms with Gasteiger partial charge in [0.25, 0.3) is 0 Å². The van der Waals surface area contributed by atoms with Crippen LogP contribution in [0, 0.1) is 6.92 Å². The van der Waals surface area contributed by atoms with E-state index >= 15 is 0 Å². The summed E-state index contributed by atoms with van der Waals surface area (Å²) in [6.07, 6.45) is 4.61. The molecule has 1 fully saturated rings. The molecule has 0 saturated heterocycles. The third-order valence-corrected chi connectivity index (χ3v) is 5.85. The van der Waals surface area contributed by atoms with Crippen molar-refractivity contribution in [3.8, 4) is 11.4 Å².